The first kappa shape index (κ1) is 18.4. The number of rotatable bonds is 4. The van der Waals surface area contributed by atoms with Crippen LogP contribution in [-0.2, 0) is 4.79 Å². The van der Waals surface area contributed by atoms with E-state index in [1.807, 2.05) is 20.8 Å². The van der Waals surface area contributed by atoms with Crippen molar-refractivity contribution in [2.24, 2.45) is 5.41 Å². The van der Waals surface area contributed by atoms with E-state index >= 15 is 0 Å². The largest absolute Gasteiger partial charge is 0.354 e. The van der Waals surface area contributed by atoms with Crippen LogP contribution in [0.15, 0.2) is 12.2 Å². The van der Waals surface area contributed by atoms with Gasteiger partial charge in [0.05, 0.1) is 5.41 Å². The van der Waals surface area contributed by atoms with Crippen LogP contribution in [-0.4, -0.2) is 48.0 Å². The lowest BCUT2D eigenvalue weighted by Crippen LogP contribution is -2.44. The molecular formula is C19H27N5O2. The van der Waals surface area contributed by atoms with Crippen molar-refractivity contribution in [3.05, 3.63) is 29.2 Å². The summed E-state index contributed by atoms with van der Waals surface area (Å²) in [4.78, 5) is 35.4. The first-order valence-corrected chi connectivity index (χ1v) is 9.12. The number of carbonyl (C=O) groups excluding carboxylic acids is 2. The van der Waals surface area contributed by atoms with Gasteiger partial charge in [0, 0.05) is 37.4 Å². The van der Waals surface area contributed by atoms with Crippen LogP contribution in [0.5, 0.6) is 0 Å². The molecule has 1 atom stereocenters. The summed E-state index contributed by atoms with van der Waals surface area (Å²) in [6.45, 7) is 7.36. The number of anilines is 1. The number of allylic oxidation sites excluding steroid dienone is 2. The Hall–Kier alpha value is -2.44. The molecule has 0 radical (unpaired) electrons. The summed E-state index contributed by atoms with van der Waals surface area (Å²) in [5, 5.41) is 5.77. The van der Waals surface area contributed by atoms with Crippen molar-refractivity contribution in [1.29, 1.82) is 0 Å². The summed E-state index contributed by atoms with van der Waals surface area (Å²) in [5.41, 5.74) is 1.45. The Morgan fingerprint density at radius 2 is 1.92 bits per heavy atom. The van der Waals surface area contributed by atoms with Crippen LogP contribution in [0.4, 0.5) is 5.82 Å². The van der Waals surface area contributed by atoms with Crippen LogP contribution >= 0.6 is 0 Å². The zero-order valence-corrected chi connectivity index (χ0v) is 15.9. The molecular weight excluding hydrogens is 330 g/mol. The molecule has 0 saturated carbocycles. The van der Waals surface area contributed by atoms with Crippen molar-refractivity contribution in [2.45, 2.75) is 46.1 Å². The van der Waals surface area contributed by atoms with Gasteiger partial charge in [-0.05, 0) is 33.1 Å². The molecule has 1 fully saturated rings. The third kappa shape index (κ3) is 3.43. The lowest BCUT2D eigenvalue weighted by Gasteiger charge is -2.25. The lowest BCUT2D eigenvalue weighted by atomic mass is 9.86. The molecule has 7 nitrogen and oxygen atoms in total. The highest BCUT2D eigenvalue weighted by molar-refractivity contribution is 5.90. The molecule has 0 spiro atoms. The lowest BCUT2D eigenvalue weighted by molar-refractivity contribution is -0.130. The van der Waals surface area contributed by atoms with Crippen LogP contribution in [0.1, 0.15) is 48.1 Å². The van der Waals surface area contributed by atoms with Crippen molar-refractivity contribution in [3.8, 4) is 0 Å². The summed E-state index contributed by atoms with van der Waals surface area (Å²) in [6.07, 6.45) is 6.62. The smallest absolute Gasteiger partial charge is 0.288 e. The maximum atomic E-state index is 12.6. The van der Waals surface area contributed by atoms with Gasteiger partial charge in [-0.2, -0.15) is 0 Å². The summed E-state index contributed by atoms with van der Waals surface area (Å²) in [6, 6.07) is 0.0954. The highest BCUT2D eigenvalue weighted by atomic mass is 16.2. The van der Waals surface area contributed by atoms with Gasteiger partial charge in [0.25, 0.3) is 5.91 Å². The van der Waals surface area contributed by atoms with Gasteiger partial charge < -0.3 is 15.5 Å². The third-order valence-electron chi connectivity index (χ3n) is 5.47. The number of hydrogen-bond acceptors (Lipinski definition) is 5. The molecule has 1 aliphatic carbocycles. The van der Waals surface area contributed by atoms with E-state index in [1.165, 1.54) is 0 Å². The number of nitrogens with zero attached hydrogens (tertiary/aromatic N) is 3. The minimum absolute atomic E-state index is 0.0954. The van der Waals surface area contributed by atoms with Gasteiger partial charge >= 0.3 is 0 Å². The van der Waals surface area contributed by atoms with Crippen molar-refractivity contribution >= 4 is 17.6 Å². The van der Waals surface area contributed by atoms with Crippen molar-refractivity contribution < 1.29 is 9.59 Å². The standard InChI is InChI=1S/C19H27N5O2/c1-12-13(2)21-15(17(25)20-4)23-16(12)24-10-7-14(11-24)22-18(26)19(3)8-5-6-9-19/h5-6,14H,7-11H2,1-4H3,(H,20,25)(H,22,26)/t14-/m1/s1. The molecule has 1 aromatic heterocycles. The van der Waals surface area contributed by atoms with Gasteiger partial charge in [-0.3, -0.25) is 9.59 Å². The fourth-order valence-corrected chi connectivity index (χ4v) is 3.52. The van der Waals surface area contributed by atoms with E-state index in [9.17, 15) is 9.59 Å². The second-order valence-corrected chi connectivity index (χ2v) is 7.51. The van der Waals surface area contributed by atoms with E-state index in [0.717, 1.165) is 42.9 Å². The summed E-state index contributed by atoms with van der Waals surface area (Å²) in [5.74, 6) is 0.792. The molecule has 2 aliphatic rings. The zero-order chi connectivity index (χ0) is 18.9. The van der Waals surface area contributed by atoms with Gasteiger partial charge in [0.15, 0.2) is 0 Å². The maximum absolute atomic E-state index is 12.6. The van der Waals surface area contributed by atoms with E-state index in [-0.39, 0.29) is 29.1 Å². The Balaban J connectivity index is 1.71. The van der Waals surface area contributed by atoms with E-state index in [1.54, 1.807) is 7.05 Å². The Bertz CT molecular complexity index is 751. The number of aromatic nitrogens is 2. The Labute approximate surface area is 154 Å². The van der Waals surface area contributed by atoms with E-state index in [4.69, 9.17) is 0 Å². The molecule has 7 heteroatoms. The molecule has 3 rings (SSSR count). The fourth-order valence-electron chi connectivity index (χ4n) is 3.52. The molecule has 2 heterocycles. The van der Waals surface area contributed by atoms with E-state index in [2.05, 4.69) is 37.7 Å². The molecule has 26 heavy (non-hydrogen) atoms. The Morgan fingerprint density at radius 3 is 2.58 bits per heavy atom. The van der Waals surface area contributed by atoms with Gasteiger partial charge in [0.1, 0.15) is 5.82 Å². The molecule has 0 bridgehead atoms. The van der Waals surface area contributed by atoms with Gasteiger partial charge in [-0.25, -0.2) is 9.97 Å². The van der Waals surface area contributed by atoms with Crippen LogP contribution in [0.2, 0.25) is 0 Å². The second-order valence-electron chi connectivity index (χ2n) is 7.51. The summed E-state index contributed by atoms with van der Waals surface area (Å²) >= 11 is 0. The Morgan fingerprint density at radius 1 is 1.23 bits per heavy atom. The monoisotopic (exact) mass is 357 g/mol. The average Bonchev–Trinajstić information content (AvgIpc) is 3.26. The summed E-state index contributed by atoms with van der Waals surface area (Å²) in [7, 11) is 1.57. The molecule has 1 aromatic rings. The minimum atomic E-state index is -0.318. The Kier molecular flexibility index (Phi) is 4.98. The summed E-state index contributed by atoms with van der Waals surface area (Å²) < 4.78 is 0. The number of nitrogens with one attached hydrogen (secondary N) is 2. The SMILES string of the molecule is CNC(=O)c1nc(C)c(C)c(N2CC[C@@H](NC(=O)C3(C)CC=CC3)C2)n1. The van der Waals surface area contributed by atoms with Gasteiger partial charge in [-0.1, -0.05) is 19.1 Å². The first-order chi connectivity index (χ1) is 12.3. The molecule has 2 N–H and O–H groups in total. The molecule has 140 valence electrons. The van der Waals surface area contributed by atoms with Crippen LogP contribution < -0.4 is 15.5 Å². The maximum Gasteiger partial charge on any atom is 0.288 e. The molecule has 1 saturated heterocycles. The quantitative estimate of drug-likeness (QED) is 0.798. The highest BCUT2D eigenvalue weighted by Gasteiger charge is 2.36. The number of hydrogen-bond donors (Lipinski definition) is 2. The topological polar surface area (TPSA) is 87.2 Å². The zero-order valence-electron chi connectivity index (χ0n) is 15.9. The van der Waals surface area contributed by atoms with Crippen molar-refractivity contribution in [1.82, 2.24) is 20.6 Å². The van der Waals surface area contributed by atoms with E-state index in [0.29, 0.717) is 6.54 Å². The molecule has 0 aromatic carbocycles. The molecule has 2 amide bonds. The number of aryl methyl sites for hydroxylation is 1. The average molecular weight is 357 g/mol. The van der Waals surface area contributed by atoms with E-state index < -0.39 is 0 Å². The fraction of sp³-hybridized carbons (Fsp3) is 0.579. The van der Waals surface area contributed by atoms with Crippen LogP contribution in [0, 0.1) is 19.3 Å². The van der Waals surface area contributed by atoms with Crippen molar-refractivity contribution in [3.63, 3.8) is 0 Å². The van der Waals surface area contributed by atoms with Crippen LogP contribution in [0.3, 0.4) is 0 Å². The third-order valence-corrected chi connectivity index (χ3v) is 5.47. The number of carbonyl (C=O) groups is 2. The first-order valence-electron chi connectivity index (χ1n) is 9.12. The number of amides is 2. The van der Waals surface area contributed by atoms with Crippen molar-refractivity contribution in [2.75, 3.05) is 25.0 Å². The predicted molar refractivity (Wildman–Crippen MR) is 100 cm³/mol. The van der Waals surface area contributed by atoms with Gasteiger partial charge in [-0.15, -0.1) is 0 Å². The predicted octanol–water partition coefficient (Wildman–Crippen LogP) is 1.50. The van der Waals surface area contributed by atoms with Crippen LogP contribution in [0.25, 0.3) is 0 Å². The molecule has 0 unspecified atom stereocenters. The highest BCUT2D eigenvalue weighted by Crippen LogP contribution is 2.33. The molecule has 1 aliphatic heterocycles. The van der Waals surface area contributed by atoms with Gasteiger partial charge in [0.2, 0.25) is 11.7 Å². The second kappa shape index (κ2) is 7.05. The minimum Gasteiger partial charge on any atom is -0.354 e. The normalized spacial score (nSPS) is 21.1.